The van der Waals surface area contributed by atoms with Crippen LogP contribution in [0.2, 0.25) is 0 Å². The number of ether oxygens (including phenoxy) is 2. The highest BCUT2D eigenvalue weighted by Gasteiger charge is 2.30. The molecule has 1 saturated heterocycles. The van der Waals surface area contributed by atoms with Crippen molar-refractivity contribution in [2.45, 2.75) is 24.9 Å². The zero-order chi connectivity index (χ0) is 21.4. The van der Waals surface area contributed by atoms with Gasteiger partial charge in [-0.15, -0.1) is 6.58 Å². The standard InChI is InChI=1S/C24H30N2O4/c1-3-13-24(28)14-16-26(17-15-24)18-19-29-21-9-11-22(12-10-21)30-23(27)25(2)20-7-5-4-6-8-20/h3-12,28H,1,13-19H2,2H3. The lowest BCUT2D eigenvalue weighted by Gasteiger charge is -2.37. The van der Waals surface area contributed by atoms with Crippen molar-refractivity contribution >= 4 is 11.8 Å². The second-order valence-electron chi connectivity index (χ2n) is 7.64. The maximum atomic E-state index is 12.3. The highest BCUT2D eigenvalue weighted by molar-refractivity contribution is 5.88. The predicted octanol–water partition coefficient (Wildman–Crippen LogP) is 4.10. The van der Waals surface area contributed by atoms with Crippen LogP contribution in [0.5, 0.6) is 11.5 Å². The highest BCUT2D eigenvalue weighted by Crippen LogP contribution is 2.26. The van der Waals surface area contributed by atoms with E-state index in [2.05, 4.69) is 11.5 Å². The van der Waals surface area contributed by atoms with Crippen LogP contribution in [0, 0.1) is 0 Å². The van der Waals surface area contributed by atoms with Gasteiger partial charge in [-0.3, -0.25) is 9.80 Å². The fourth-order valence-corrected chi connectivity index (χ4v) is 3.49. The first-order valence-electron chi connectivity index (χ1n) is 10.3. The van der Waals surface area contributed by atoms with Crippen molar-refractivity contribution in [3.8, 4) is 11.5 Å². The van der Waals surface area contributed by atoms with Crippen molar-refractivity contribution < 1.29 is 19.4 Å². The summed E-state index contributed by atoms with van der Waals surface area (Å²) in [7, 11) is 1.67. The van der Waals surface area contributed by atoms with Crippen molar-refractivity contribution in [1.82, 2.24) is 4.90 Å². The van der Waals surface area contributed by atoms with E-state index in [-0.39, 0.29) is 0 Å². The van der Waals surface area contributed by atoms with Gasteiger partial charge in [0.05, 0.1) is 5.60 Å². The number of carbonyl (C=O) groups excluding carboxylic acids is 1. The number of likely N-dealkylation sites (tertiary alicyclic amines) is 1. The van der Waals surface area contributed by atoms with Gasteiger partial charge in [0, 0.05) is 32.4 Å². The maximum absolute atomic E-state index is 12.3. The molecule has 0 atom stereocenters. The Kier molecular flexibility index (Phi) is 7.49. The molecule has 1 aliphatic rings. The summed E-state index contributed by atoms with van der Waals surface area (Å²) in [6.45, 7) is 6.81. The van der Waals surface area contributed by atoms with Gasteiger partial charge < -0.3 is 14.6 Å². The summed E-state index contributed by atoms with van der Waals surface area (Å²) in [4.78, 5) is 16.0. The van der Waals surface area contributed by atoms with E-state index in [1.54, 1.807) is 37.4 Å². The van der Waals surface area contributed by atoms with Crippen molar-refractivity contribution in [2.75, 3.05) is 38.2 Å². The van der Waals surface area contributed by atoms with Crippen LogP contribution in [0.3, 0.4) is 0 Å². The van der Waals surface area contributed by atoms with Crippen molar-refractivity contribution in [3.63, 3.8) is 0 Å². The number of aliphatic hydroxyl groups is 1. The molecule has 2 aromatic carbocycles. The number of nitrogens with zero attached hydrogens (tertiary/aromatic N) is 2. The molecule has 2 aromatic rings. The van der Waals surface area contributed by atoms with Crippen LogP contribution in [0.25, 0.3) is 0 Å². The topological polar surface area (TPSA) is 62.2 Å². The summed E-state index contributed by atoms with van der Waals surface area (Å²) in [6, 6.07) is 16.4. The Morgan fingerprint density at radius 2 is 1.77 bits per heavy atom. The number of piperidine rings is 1. The number of hydrogen-bond acceptors (Lipinski definition) is 5. The van der Waals surface area contributed by atoms with Crippen LogP contribution < -0.4 is 14.4 Å². The van der Waals surface area contributed by atoms with E-state index in [4.69, 9.17) is 9.47 Å². The van der Waals surface area contributed by atoms with Gasteiger partial charge in [-0.1, -0.05) is 24.3 Å². The summed E-state index contributed by atoms with van der Waals surface area (Å²) in [6.07, 6.45) is 3.51. The van der Waals surface area contributed by atoms with Crippen LogP contribution in [0.1, 0.15) is 19.3 Å². The minimum absolute atomic E-state index is 0.448. The quantitative estimate of drug-likeness (QED) is 0.664. The van der Waals surface area contributed by atoms with Crippen molar-refractivity contribution in [2.24, 2.45) is 0 Å². The maximum Gasteiger partial charge on any atom is 0.419 e. The number of para-hydroxylation sites is 1. The van der Waals surface area contributed by atoms with Gasteiger partial charge in [0.15, 0.2) is 0 Å². The van der Waals surface area contributed by atoms with Crippen LogP contribution in [0.15, 0.2) is 67.3 Å². The second-order valence-corrected chi connectivity index (χ2v) is 7.64. The Bertz CT molecular complexity index is 815. The number of rotatable bonds is 8. The van der Waals surface area contributed by atoms with Crippen molar-refractivity contribution in [3.05, 3.63) is 67.3 Å². The van der Waals surface area contributed by atoms with Gasteiger partial charge in [0.2, 0.25) is 0 Å². The third-order valence-electron chi connectivity index (χ3n) is 5.43. The smallest absolute Gasteiger partial charge is 0.419 e. The van der Waals surface area contributed by atoms with Gasteiger partial charge in [-0.25, -0.2) is 4.79 Å². The summed E-state index contributed by atoms with van der Waals surface area (Å²) < 4.78 is 11.2. The molecule has 1 heterocycles. The van der Waals surface area contributed by atoms with Gasteiger partial charge in [0.1, 0.15) is 18.1 Å². The van der Waals surface area contributed by atoms with Crippen LogP contribution in [0.4, 0.5) is 10.5 Å². The van der Waals surface area contributed by atoms with Gasteiger partial charge >= 0.3 is 6.09 Å². The van der Waals surface area contributed by atoms with E-state index >= 15 is 0 Å². The SMILES string of the molecule is C=CCC1(O)CCN(CCOc2ccc(OC(=O)N(C)c3ccccc3)cc2)CC1. The zero-order valence-corrected chi connectivity index (χ0v) is 17.5. The Morgan fingerprint density at radius 3 is 2.40 bits per heavy atom. The molecule has 0 saturated carbocycles. The zero-order valence-electron chi connectivity index (χ0n) is 17.5. The molecule has 160 valence electrons. The summed E-state index contributed by atoms with van der Waals surface area (Å²) in [5.74, 6) is 1.19. The Hall–Kier alpha value is -2.83. The van der Waals surface area contributed by atoms with E-state index in [9.17, 15) is 9.90 Å². The van der Waals surface area contributed by atoms with E-state index < -0.39 is 11.7 Å². The predicted molar refractivity (Wildman–Crippen MR) is 118 cm³/mol. The first-order chi connectivity index (χ1) is 14.5. The average molecular weight is 411 g/mol. The molecular formula is C24H30N2O4. The Morgan fingerprint density at radius 1 is 1.13 bits per heavy atom. The molecule has 0 radical (unpaired) electrons. The molecule has 1 aliphatic heterocycles. The minimum Gasteiger partial charge on any atom is -0.492 e. The number of amides is 1. The summed E-state index contributed by atoms with van der Waals surface area (Å²) in [5.41, 5.74) is 0.170. The highest BCUT2D eigenvalue weighted by atomic mass is 16.6. The molecule has 6 nitrogen and oxygen atoms in total. The number of benzene rings is 2. The molecule has 1 N–H and O–H groups in total. The molecule has 0 bridgehead atoms. The van der Waals surface area contributed by atoms with E-state index in [0.29, 0.717) is 18.8 Å². The fourth-order valence-electron chi connectivity index (χ4n) is 3.49. The molecule has 1 fully saturated rings. The second kappa shape index (κ2) is 10.3. The Labute approximate surface area is 178 Å². The molecule has 30 heavy (non-hydrogen) atoms. The summed E-state index contributed by atoms with van der Waals surface area (Å²) >= 11 is 0. The molecule has 3 rings (SSSR count). The van der Waals surface area contributed by atoms with E-state index in [1.165, 1.54) is 4.90 Å². The minimum atomic E-state index is -0.596. The first-order valence-corrected chi connectivity index (χ1v) is 10.3. The van der Waals surface area contributed by atoms with Crippen LogP contribution >= 0.6 is 0 Å². The number of carbonyl (C=O) groups is 1. The van der Waals surface area contributed by atoms with Gasteiger partial charge in [-0.05, 0) is 55.7 Å². The lowest BCUT2D eigenvalue weighted by Crippen LogP contribution is -2.45. The fraction of sp³-hybridized carbons (Fsp3) is 0.375. The number of anilines is 1. The van der Waals surface area contributed by atoms with Gasteiger partial charge in [0.25, 0.3) is 0 Å². The molecule has 0 spiro atoms. The Balaban J connectivity index is 1.41. The average Bonchev–Trinajstić information content (AvgIpc) is 2.76. The lowest BCUT2D eigenvalue weighted by molar-refractivity contribution is -0.0205. The van der Waals surface area contributed by atoms with Crippen LogP contribution in [-0.2, 0) is 0 Å². The monoisotopic (exact) mass is 410 g/mol. The molecule has 1 amide bonds. The lowest BCUT2D eigenvalue weighted by atomic mass is 9.88. The first kappa shape index (κ1) is 21.9. The molecule has 6 heteroatoms. The molecule has 0 aromatic heterocycles. The van der Waals surface area contributed by atoms with E-state index in [0.717, 1.165) is 43.9 Å². The van der Waals surface area contributed by atoms with E-state index in [1.807, 2.05) is 30.3 Å². The number of hydrogen-bond donors (Lipinski definition) is 1. The van der Waals surface area contributed by atoms with Crippen LogP contribution in [-0.4, -0.2) is 55.0 Å². The van der Waals surface area contributed by atoms with Crippen molar-refractivity contribution in [1.29, 1.82) is 0 Å². The normalized spacial score (nSPS) is 15.9. The van der Waals surface area contributed by atoms with Gasteiger partial charge in [-0.2, -0.15) is 0 Å². The third kappa shape index (κ3) is 6.08. The summed E-state index contributed by atoms with van der Waals surface area (Å²) in [5, 5.41) is 10.4. The third-order valence-corrected chi connectivity index (χ3v) is 5.43. The molecular weight excluding hydrogens is 380 g/mol. The molecule has 0 unspecified atom stereocenters. The molecule has 0 aliphatic carbocycles. The largest absolute Gasteiger partial charge is 0.492 e.